The average molecular weight is 213 g/mol. The molecule has 1 saturated carbocycles. The number of rotatable bonds is 4. The van der Waals surface area contributed by atoms with E-state index in [-0.39, 0.29) is 24.0 Å². The van der Waals surface area contributed by atoms with Crippen LogP contribution < -0.4 is 5.32 Å². The normalized spacial score (nSPS) is 24.5. The number of hydrogen-bond donors (Lipinski definition) is 1. The first-order valence-corrected chi connectivity index (χ1v) is 5.83. The van der Waals surface area contributed by atoms with Gasteiger partial charge >= 0.3 is 0 Å². The lowest BCUT2D eigenvalue weighted by Crippen LogP contribution is -2.43. The maximum Gasteiger partial charge on any atom is 0.246 e. The van der Waals surface area contributed by atoms with E-state index in [0.717, 1.165) is 6.42 Å². The van der Waals surface area contributed by atoms with Crippen LogP contribution in [0.2, 0.25) is 0 Å². The molecule has 3 nitrogen and oxygen atoms in total. The van der Waals surface area contributed by atoms with Crippen molar-refractivity contribution in [3.05, 3.63) is 0 Å². The number of carbonyl (C=O) groups excluding carboxylic acids is 1. The van der Waals surface area contributed by atoms with E-state index in [1.807, 2.05) is 13.8 Å². The Labute approximate surface area is 92.6 Å². The molecular weight excluding hydrogens is 190 g/mol. The van der Waals surface area contributed by atoms with E-state index in [0.29, 0.717) is 6.04 Å². The van der Waals surface area contributed by atoms with Gasteiger partial charge in [0.25, 0.3) is 0 Å². The van der Waals surface area contributed by atoms with Crippen LogP contribution in [-0.4, -0.2) is 24.7 Å². The quantitative estimate of drug-likeness (QED) is 0.776. The van der Waals surface area contributed by atoms with Gasteiger partial charge in [-0.05, 0) is 32.1 Å². The number of hydrogen-bond acceptors (Lipinski definition) is 2. The lowest BCUT2D eigenvalue weighted by Gasteiger charge is -2.27. The molecule has 0 aromatic heterocycles. The van der Waals surface area contributed by atoms with Crippen LogP contribution >= 0.6 is 0 Å². The molecule has 0 saturated heterocycles. The van der Waals surface area contributed by atoms with Crippen LogP contribution in [0.1, 0.15) is 47.0 Å². The Morgan fingerprint density at radius 3 is 2.67 bits per heavy atom. The zero-order chi connectivity index (χ0) is 11.5. The van der Waals surface area contributed by atoms with Gasteiger partial charge in [0.05, 0.1) is 6.10 Å². The largest absolute Gasteiger partial charge is 0.369 e. The van der Waals surface area contributed by atoms with Gasteiger partial charge in [0, 0.05) is 6.04 Å². The van der Waals surface area contributed by atoms with E-state index in [4.69, 9.17) is 4.74 Å². The summed E-state index contributed by atoms with van der Waals surface area (Å²) in [7, 11) is 0. The summed E-state index contributed by atoms with van der Waals surface area (Å²) in [6.45, 7) is 8.49. The molecule has 15 heavy (non-hydrogen) atoms. The minimum absolute atomic E-state index is 0.0173. The molecule has 1 N–H and O–H groups in total. The van der Waals surface area contributed by atoms with Crippen LogP contribution in [0.5, 0.6) is 0 Å². The maximum absolute atomic E-state index is 11.6. The Hall–Kier alpha value is -0.570. The van der Waals surface area contributed by atoms with Gasteiger partial charge in [-0.2, -0.15) is 0 Å². The minimum atomic E-state index is 0.0173. The van der Waals surface area contributed by atoms with Crippen LogP contribution in [0.25, 0.3) is 0 Å². The van der Waals surface area contributed by atoms with Crippen LogP contribution in [-0.2, 0) is 9.53 Å². The van der Waals surface area contributed by atoms with E-state index >= 15 is 0 Å². The molecule has 0 radical (unpaired) electrons. The molecule has 0 aromatic rings. The summed E-state index contributed by atoms with van der Waals surface area (Å²) in [5, 5.41) is 3.06. The summed E-state index contributed by atoms with van der Waals surface area (Å²) in [6.07, 6.45) is 3.62. The molecule has 0 aliphatic heterocycles. The van der Waals surface area contributed by atoms with Crippen molar-refractivity contribution in [1.29, 1.82) is 0 Å². The molecule has 1 unspecified atom stereocenters. The molecule has 0 heterocycles. The first-order chi connectivity index (χ1) is 6.92. The maximum atomic E-state index is 11.6. The first kappa shape index (κ1) is 12.5. The Bertz CT molecular complexity index is 224. The Kier molecular flexibility index (Phi) is 4.14. The standard InChI is InChI=1S/C12H23NO2/c1-9(2)15-8-11(14)13-10-6-5-7-12(10,3)4/h9-10H,5-8H2,1-4H3,(H,13,14). The molecule has 1 rings (SSSR count). The van der Waals surface area contributed by atoms with Crippen LogP contribution in [0.4, 0.5) is 0 Å². The smallest absolute Gasteiger partial charge is 0.246 e. The van der Waals surface area contributed by atoms with Crippen LogP contribution in [0.3, 0.4) is 0 Å². The summed E-state index contributed by atoms with van der Waals surface area (Å²) in [6, 6.07) is 0.320. The van der Waals surface area contributed by atoms with E-state index < -0.39 is 0 Å². The van der Waals surface area contributed by atoms with E-state index in [1.165, 1.54) is 12.8 Å². The van der Waals surface area contributed by atoms with Gasteiger partial charge in [0.1, 0.15) is 6.61 Å². The Balaban J connectivity index is 2.32. The molecule has 1 fully saturated rings. The van der Waals surface area contributed by atoms with Crippen molar-refractivity contribution in [1.82, 2.24) is 5.32 Å². The van der Waals surface area contributed by atoms with Crippen molar-refractivity contribution < 1.29 is 9.53 Å². The highest BCUT2D eigenvalue weighted by Gasteiger charge is 2.35. The molecule has 88 valence electrons. The molecule has 3 heteroatoms. The van der Waals surface area contributed by atoms with Crippen molar-refractivity contribution in [3.8, 4) is 0 Å². The highest BCUT2D eigenvalue weighted by Crippen LogP contribution is 2.36. The van der Waals surface area contributed by atoms with Crippen molar-refractivity contribution in [3.63, 3.8) is 0 Å². The van der Waals surface area contributed by atoms with Gasteiger partial charge in [-0.3, -0.25) is 4.79 Å². The summed E-state index contributed by atoms with van der Waals surface area (Å²) in [4.78, 5) is 11.6. The topological polar surface area (TPSA) is 38.3 Å². The molecule has 0 aromatic carbocycles. The van der Waals surface area contributed by atoms with E-state index in [2.05, 4.69) is 19.2 Å². The molecule has 1 atom stereocenters. The summed E-state index contributed by atoms with van der Waals surface area (Å²) < 4.78 is 5.27. The molecule has 1 aliphatic carbocycles. The molecule has 1 amide bonds. The highest BCUT2D eigenvalue weighted by atomic mass is 16.5. The fraction of sp³-hybridized carbons (Fsp3) is 0.917. The zero-order valence-corrected chi connectivity index (χ0v) is 10.3. The van der Waals surface area contributed by atoms with Gasteiger partial charge in [-0.1, -0.05) is 20.3 Å². The number of ether oxygens (including phenoxy) is 1. The molecular formula is C12H23NO2. The fourth-order valence-corrected chi connectivity index (χ4v) is 2.07. The number of amides is 1. The molecule has 0 bridgehead atoms. The predicted molar refractivity (Wildman–Crippen MR) is 60.7 cm³/mol. The fourth-order valence-electron chi connectivity index (χ4n) is 2.07. The Morgan fingerprint density at radius 1 is 1.53 bits per heavy atom. The minimum Gasteiger partial charge on any atom is -0.369 e. The second-order valence-corrected chi connectivity index (χ2v) is 5.36. The Morgan fingerprint density at radius 2 is 2.20 bits per heavy atom. The summed E-state index contributed by atoms with van der Waals surface area (Å²) >= 11 is 0. The lowest BCUT2D eigenvalue weighted by molar-refractivity contribution is -0.128. The highest BCUT2D eigenvalue weighted by molar-refractivity contribution is 5.77. The van der Waals surface area contributed by atoms with Gasteiger partial charge in [0.15, 0.2) is 0 Å². The SMILES string of the molecule is CC(C)OCC(=O)NC1CCCC1(C)C. The van der Waals surface area contributed by atoms with Gasteiger partial charge in [-0.25, -0.2) is 0 Å². The third-order valence-electron chi connectivity index (χ3n) is 3.14. The first-order valence-electron chi connectivity index (χ1n) is 5.83. The van der Waals surface area contributed by atoms with Crippen molar-refractivity contribution in [2.75, 3.05) is 6.61 Å². The van der Waals surface area contributed by atoms with Gasteiger partial charge < -0.3 is 10.1 Å². The van der Waals surface area contributed by atoms with Gasteiger partial charge in [0.2, 0.25) is 5.91 Å². The second kappa shape index (κ2) is 4.97. The molecule has 1 aliphatic rings. The molecule has 0 spiro atoms. The summed E-state index contributed by atoms with van der Waals surface area (Å²) in [5.74, 6) is 0.0173. The third kappa shape index (κ3) is 3.82. The van der Waals surface area contributed by atoms with Gasteiger partial charge in [-0.15, -0.1) is 0 Å². The monoisotopic (exact) mass is 213 g/mol. The predicted octanol–water partition coefficient (Wildman–Crippen LogP) is 2.11. The van der Waals surface area contributed by atoms with Crippen molar-refractivity contribution >= 4 is 5.91 Å². The van der Waals surface area contributed by atoms with Crippen LogP contribution in [0.15, 0.2) is 0 Å². The number of nitrogens with one attached hydrogen (secondary N) is 1. The zero-order valence-electron chi connectivity index (χ0n) is 10.3. The summed E-state index contributed by atoms with van der Waals surface area (Å²) in [5.41, 5.74) is 0.244. The average Bonchev–Trinajstić information content (AvgIpc) is 2.43. The number of carbonyl (C=O) groups is 1. The van der Waals surface area contributed by atoms with Crippen LogP contribution in [0, 0.1) is 5.41 Å². The van der Waals surface area contributed by atoms with E-state index in [9.17, 15) is 4.79 Å². The van der Waals surface area contributed by atoms with Crippen molar-refractivity contribution in [2.45, 2.75) is 59.1 Å². The van der Waals surface area contributed by atoms with E-state index in [1.54, 1.807) is 0 Å². The second-order valence-electron chi connectivity index (χ2n) is 5.36. The lowest BCUT2D eigenvalue weighted by atomic mass is 9.87. The van der Waals surface area contributed by atoms with Crippen molar-refractivity contribution in [2.24, 2.45) is 5.41 Å². The third-order valence-corrected chi connectivity index (χ3v) is 3.14.